The second-order valence-electron chi connectivity index (χ2n) is 4.02. The predicted octanol–water partition coefficient (Wildman–Crippen LogP) is 2.94. The molecule has 0 aliphatic heterocycles. The average molecular weight is 312 g/mol. The highest BCUT2D eigenvalue weighted by molar-refractivity contribution is 9.10. The van der Waals surface area contributed by atoms with Crippen LogP contribution in [-0.4, -0.2) is 16.3 Å². The first-order valence-electron chi connectivity index (χ1n) is 5.86. The zero-order valence-corrected chi connectivity index (χ0v) is 11.7. The Bertz CT molecular complexity index is 525. The van der Waals surface area contributed by atoms with Gasteiger partial charge in [0.05, 0.1) is 12.2 Å². The van der Waals surface area contributed by atoms with Crippen molar-refractivity contribution in [2.45, 2.75) is 20.0 Å². The third-order valence-electron chi connectivity index (χ3n) is 2.59. The summed E-state index contributed by atoms with van der Waals surface area (Å²) in [5.41, 5.74) is 1.87. The van der Waals surface area contributed by atoms with E-state index in [1.807, 2.05) is 16.9 Å². The molecule has 0 unspecified atom stereocenters. The van der Waals surface area contributed by atoms with Crippen molar-refractivity contribution in [3.63, 3.8) is 0 Å². The quantitative estimate of drug-likeness (QED) is 0.920. The van der Waals surface area contributed by atoms with E-state index >= 15 is 0 Å². The van der Waals surface area contributed by atoms with E-state index in [2.05, 4.69) is 33.3 Å². The summed E-state index contributed by atoms with van der Waals surface area (Å²) in [6.07, 6.45) is 1.91. The van der Waals surface area contributed by atoms with Gasteiger partial charge in [0, 0.05) is 17.2 Å². The lowest BCUT2D eigenvalue weighted by Gasteiger charge is -2.05. The van der Waals surface area contributed by atoms with Gasteiger partial charge >= 0.3 is 0 Å². The monoisotopic (exact) mass is 311 g/mol. The van der Waals surface area contributed by atoms with Crippen molar-refractivity contribution in [2.75, 3.05) is 6.54 Å². The Hall–Kier alpha value is -1.20. The Morgan fingerprint density at radius 3 is 3.00 bits per heavy atom. The van der Waals surface area contributed by atoms with Crippen LogP contribution in [0.3, 0.4) is 0 Å². The van der Waals surface area contributed by atoms with Crippen molar-refractivity contribution < 1.29 is 4.39 Å². The van der Waals surface area contributed by atoms with E-state index in [0.29, 0.717) is 6.54 Å². The molecule has 18 heavy (non-hydrogen) atoms. The van der Waals surface area contributed by atoms with Gasteiger partial charge in [-0.3, -0.25) is 4.68 Å². The van der Waals surface area contributed by atoms with Crippen LogP contribution in [0, 0.1) is 5.82 Å². The molecule has 0 aliphatic carbocycles. The Balaban J connectivity index is 2.08. The summed E-state index contributed by atoms with van der Waals surface area (Å²) >= 11 is 3.42. The SMILES string of the molecule is CCNCc1ccn(Cc2cc(F)ccc2Br)n1. The fraction of sp³-hybridized carbons (Fsp3) is 0.308. The van der Waals surface area contributed by atoms with E-state index in [-0.39, 0.29) is 5.82 Å². The molecule has 0 saturated carbocycles. The third kappa shape index (κ3) is 3.40. The van der Waals surface area contributed by atoms with Gasteiger partial charge in [-0.05, 0) is 36.4 Å². The highest BCUT2D eigenvalue weighted by Gasteiger charge is 2.04. The molecular formula is C13H15BrFN3. The standard InChI is InChI=1S/C13H15BrFN3/c1-2-16-8-12-5-6-18(17-12)9-10-7-11(15)3-4-13(10)14/h3-7,16H,2,8-9H2,1H3. The molecule has 0 saturated heterocycles. The molecular weight excluding hydrogens is 297 g/mol. The summed E-state index contributed by atoms with van der Waals surface area (Å²) in [6, 6.07) is 6.65. The number of hydrogen-bond donors (Lipinski definition) is 1. The van der Waals surface area contributed by atoms with Gasteiger partial charge in [0.25, 0.3) is 0 Å². The van der Waals surface area contributed by atoms with Gasteiger partial charge in [-0.2, -0.15) is 5.10 Å². The molecule has 1 heterocycles. The maximum absolute atomic E-state index is 13.2. The second-order valence-corrected chi connectivity index (χ2v) is 4.88. The summed E-state index contributed by atoms with van der Waals surface area (Å²) in [5.74, 6) is -0.228. The maximum atomic E-state index is 13.2. The molecule has 2 aromatic rings. The molecule has 96 valence electrons. The van der Waals surface area contributed by atoms with Crippen LogP contribution in [0.1, 0.15) is 18.2 Å². The molecule has 0 atom stereocenters. The highest BCUT2D eigenvalue weighted by atomic mass is 79.9. The molecule has 2 rings (SSSR count). The van der Waals surface area contributed by atoms with Gasteiger partial charge in [0.2, 0.25) is 0 Å². The summed E-state index contributed by atoms with van der Waals surface area (Å²) in [6.45, 7) is 4.29. The van der Waals surface area contributed by atoms with E-state index in [0.717, 1.165) is 28.8 Å². The summed E-state index contributed by atoms with van der Waals surface area (Å²) in [5, 5.41) is 7.64. The van der Waals surface area contributed by atoms with Crippen molar-refractivity contribution in [2.24, 2.45) is 0 Å². The highest BCUT2D eigenvalue weighted by Crippen LogP contribution is 2.18. The first-order chi connectivity index (χ1) is 8.69. The number of halogens is 2. The number of nitrogens with zero attached hydrogens (tertiary/aromatic N) is 2. The number of rotatable bonds is 5. The smallest absolute Gasteiger partial charge is 0.123 e. The zero-order valence-electron chi connectivity index (χ0n) is 10.2. The first-order valence-corrected chi connectivity index (χ1v) is 6.65. The van der Waals surface area contributed by atoms with E-state index in [1.165, 1.54) is 12.1 Å². The number of benzene rings is 1. The van der Waals surface area contributed by atoms with Gasteiger partial charge in [0.15, 0.2) is 0 Å². The summed E-state index contributed by atoms with van der Waals surface area (Å²) in [7, 11) is 0. The minimum Gasteiger partial charge on any atom is -0.311 e. The Morgan fingerprint density at radius 1 is 1.39 bits per heavy atom. The molecule has 0 radical (unpaired) electrons. The van der Waals surface area contributed by atoms with Crippen molar-refractivity contribution in [3.05, 3.63) is 52.0 Å². The lowest BCUT2D eigenvalue weighted by molar-refractivity contribution is 0.614. The van der Waals surface area contributed by atoms with Gasteiger partial charge < -0.3 is 5.32 Å². The van der Waals surface area contributed by atoms with Gasteiger partial charge in [-0.25, -0.2) is 4.39 Å². The molecule has 0 bridgehead atoms. The fourth-order valence-corrected chi connectivity index (χ4v) is 2.05. The molecule has 0 aliphatic rings. The number of aromatic nitrogens is 2. The van der Waals surface area contributed by atoms with Gasteiger partial charge in [0.1, 0.15) is 5.82 Å². The van der Waals surface area contributed by atoms with Crippen LogP contribution in [0.25, 0.3) is 0 Å². The van der Waals surface area contributed by atoms with Crippen LogP contribution < -0.4 is 5.32 Å². The molecule has 3 nitrogen and oxygen atoms in total. The molecule has 1 aromatic heterocycles. The van der Waals surface area contributed by atoms with Crippen LogP contribution in [-0.2, 0) is 13.1 Å². The van der Waals surface area contributed by atoms with E-state index in [1.54, 1.807) is 6.07 Å². The lowest BCUT2D eigenvalue weighted by atomic mass is 10.2. The zero-order chi connectivity index (χ0) is 13.0. The molecule has 0 spiro atoms. The third-order valence-corrected chi connectivity index (χ3v) is 3.37. The minimum atomic E-state index is -0.228. The second kappa shape index (κ2) is 6.11. The molecule has 5 heteroatoms. The number of nitrogens with one attached hydrogen (secondary N) is 1. The molecule has 0 fully saturated rings. The summed E-state index contributed by atoms with van der Waals surface area (Å²) < 4.78 is 15.9. The molecule has 0 amide bonds. The topological polar surface area (TPSA) is 29.9 Å². The predicted molar refractivity (Wildman–Crippen MR) is 72.8 cm³/mol. The van der Waals surface area contributed by atoms with Crippen LogP contribution in [0.5, 0.6) is 0 Å². The normalized spacial score (nSPS) is 10.8. The minimum absolute atomic E-state index is 0.228. The van der Waals surface area contributed by atoms with Crippen LogP contribution in [0.2, 0.25) is 0 Å². The van der Waals surface area contributed by atoms with Gasteiger partial charge in [-0.15, -0.1) is 0 Å². The Morgan fingerprint density at radius 2 is 2.22 bits per heavy atom. The van der Waals surface area contributed by atoms with Crippen LogP contribution in [0.4, 0.5) is 4.39 Å². The van der Waals surface area contributed by atoms with Crippen LogP contribution in [0.15, 0.2) is 34.9 Å². The van der Waals surface area contributed by atoms with Crippen molar-refractivity contribution in [3.8, 4) is 0 Å². The first kappa shape index (κ1) is 13.2. The number of hydrogen-bond acceptors (Lipinski definition) is 2. The van der Waals surface area contributed by atoms with Crippen LogP contribution >= 0.6 is 15.9 Å². The van der Waals surface area contributed by atoms with E-state index in [9.17, 15) is 4.39 Å². The van der Waals surface area contributed by atoms with Crippen molar-refractivity contribution >= 4 is 15.9 Å². The Kier molecular flexibility index (Phi) is 4.49. The maximum Gasteiger partial charge on any atom is 0.123 e. The van der Waals surface area contributed by atoms with Gasteiger partial charge in [-0.1, -0.05) is 22.9 Å². The largest absolute Gasteiger partial charge is 0.311 e. The lowest BCUT2D eigenvalue weighted by Crippen LogP contribution is -2.12. The van der Waals surface area contributed by atoms with Crippen molar-refractivity contribution in [1.82, 2.24) is 15.1 Å². The van der Waals surface area contributed by atoms with E-state index < -0.39 is 0 Å². The average Bonchev–Trinajstić information content (AvgIpc) is 2.79. The summed E-state index contributed by atoms with van der Waals surface area (Å²) in [4.78, 5) is 0. The fourth-order valence-electron chi connectivity index (χ4n) is 1.68. The van der Waals surface area contributed by atoms with Crippen molar-refractivity contribution in [1.29, 1.82) is 0 Å². The Labute approximate surface area is 114 Å². The van der Waals surface area contributed by atoms with E-state index in [4.69, 9.17) is 0 Å². The molecule has 1 N–H and O–H groups in total. The molecule has 1 aromatic carbocycles.